The molecule has 1 amide bonds. The number of hydrogen-bond acceptors (Lipinski definition) is 4. The van der Waals surface area contributed by atoms with Crippen LogP contribution in [0.1, 0.15) is 5.56 Å². The van der Waals surface area contributed by atoms with Gasteiger partial charge in [-0.2, -0.15) is 0 Å². The second-order valence-electron chi connectivity index (χ2n) is 4.76. The Hall–Kier alpha value is -1.90. The van der Waals surface area contributed by atoms with Crippen molar-refractivity contribution >= 4 is 37.5 Å². The fourth-order valence-corrected chi connectivity index (χ4v) is 2.75. The molecule has 0 heterocycles. The van der Waals surface area contributed by atoms with Crippen molar-refractivity contribution in [1.29, 1.82) is 0 Å². The standard InChI is InChI=1S/C15H15BrN2O4S/c1-22-14-7-6-12(23(17,20)21)9-13(14)18-15(19)8-10-2-4-11(16)5-3-10/h2-7,9H,8H2,1H3,(H,18,19)(H2,17,20,21). The number of carbonyl (C=O) groups is 1. The van der Waals surface area contributed by atoms with Crippen molar-refractivity contribution in [3.05, 3.63) is 52.5 Å². The average Bonchev–Trinajstić information content (AvgIpc) is 2.48. The second-order valence-corrected chi connectivity index (χ2v) is 7.24. The summed E-state index contributed by atoms with van der Waals surface area (Å²) in [5, 5.41) is 7.74. The topological polar surface area (TPSA) is 98.5 Å². The number of hydrogen-bond donors (Lipinski definition) is 2. The van der Waals surface area contributed by atoms with Crippen LogP contribution in [0, 0.1) is 0 Å². The molecule has 2 aromatic carbocycles. The van der Waals surface area contributed by atoms with E-state index in [4.69, 9.17) is 9.88 Å². The molecule has 2 rings (SSSR count). The zero-order valence-electron chi connectivity index (χ0n) is 12.2. The lowest BCUT2D eigenvalue weighted by Crippen LogP contribution is -2.17. The highest BCUT2D eigenvalue weighted by Crippen LogP contribution is 2.27. The van der Waals surface area contributed by atoms with Crippen LogP contribution in [-0.4, -0.2) is 21.4 Å². The van der Waals surface area contributed by atoms with Gasteiger partial charge >= 0.3 is 0 Å². The Morgan fingerprint density at radius 2 is 1.87 bits per heavy atom. The molecule has 6 nitrogen and oxygen atoms in total. The Kier molecular flexibility index (Phi) is 5.40. The number of nitrogens with one attached hydrogen (secondary N) is 1. The number of methoxy groups -OCH3 is 1. The predicted octanol–water partition coefficient (Wildman–Crippen LogP) is 2.29. The van der Waals surface area contributed by atoms with Gasteiger partial charge in [0.2, 0.25) is 15.9 Å². The van der Waals surface area contributed by atoms with Crippen LogP contribution in [0.15, 0.2) is 51.8 Å². The Morgan fingerprint density at radius 1 is 1.22 bits per heavy atom. The Balaban J connectivity index is 2.20. The van der Waals surface area contributed by atoms with E-state index in [9.17, 15) is 13.2 Å². The first-order valence-electron chi connectivity index (χ1n) is 6.55. The van der Waals surface area contributed by atoms with Gasteiger partial charge in [0.25, 0.3) is 0 Å². The molecular weight excluding hydrogens is 384 g/mol. The van der Waals surface area contributed by atoms with E-state index in [0.717, 1.165) is 10.0 Å². The summed E-state index contributed by atoms with van der Waals surface area (Å²) in [6.45, 7) is 0. The molecular formula is C15H15BrN2O4S. The van der Waals surface area contributed by atoms with Gasteiger partial charge < -0.3 is 10.1 Å². The average molecular weight is 399 g/mol. The predicted molar refractivity (Wildman–Crippen MR) is 90.8 cm³/mol. The third-order valence-corrected chi connectivity index (χ3v) is 4.49. The van der Waals surface area contributed by atoms with Gasteiger partial charge in [-0.1, -0.05) is 28.1 Å². The zero-order chi connectivity index (χ0) is 17.0. The molecule has 23 heavy (non-hydrogen) atoms. The summed E-state index contributed by atoms with van der Waals surface area (Å²) in [5.74, 6) is 0.0544. The number of benzene rings is 2. The summed E-state index contributed by atoms with van der Waals surface area (Å²) in [6.07, 6.45) is 0.149. The number of anilines is 1. The summed E-state index contributed by atoms with van der Waals surface area (Å²) >= 11 is 3.33. The molecule has 0 spiro atoms. The van der Waals surface area contributed by atoms with Crippen molar-refractivity contribution in [2.45, 2.75) is 11.3 Å². The highest BCUT2D eigenvalue weighted by molar-refractivity contribution is 9.10. The maximum atomic E-state index is 12.1. The molecule has 0 bridgehead atoms. The van der Waals surface area contributed by atoms with Gasteiger partial charge in [0.15, 0.2) is 0 Å². The van der Waals surface area contributed by atoms with Gasteiger partial charge in [-0.15, -0.1) is 0 Å². The first-order chi connectivity index (χ1) is 10.8. The molecule has 0 fully saturated rings. The van der Waals surface area contributed by atoms with Crippen molar-refractivity contribution in [2.75, 3.05) is 12.4 Å². The lowest BCUT2D eigenvalue weighted by Gasteiger charge is -2.11. The first-order valence-corrected chi connectivity index (χ1v) is 8.88. The second kappa shape index (κ2) is 7.12. The van der Waals surface area contributed by atoms with Crippen LogP contribution in [0.5, 0.6) is 5.75 Å². The van der Waals surface area contributed by atoms with E-state index in [1.165, 1.54) is 25.3 Å². The fourth-order valence-electron chi connectivity index (χ4n) is 1.94. The molecule has 0 radical (unpaired) electrons. The summed E-state index contributed by atoms with van der Waals surface area (Å²) < 4.78 is 28.9. The van der Waals surface area contributed by atoms with Gasteiger partial charge in [-0.25, -0.2) is 13.6 Å². The van der Waals surface area contributed by atoms with E-state index in [1.807, 2.05) is 24.3 Å². The van der Waals surface area contributed by atoms with Gasteiger partial charge in [0, 0.05) is 4.47 Å². The lowest BCUT2D eigenvalue weighted by molar-refractivity contribution is -0.115. The number of rotatable bonds is 5. The summed E-state index contributed by atoms with van der Waals surface area (Å²) in [6, 6.07) is 11.3. The van der Waals surface area contributed by atoms with Crippen molar-refractivity contribution in [2.24, 2.45) is 5.14 Å². The quantitative estimate of drug-likeness (QED) is 0.806. The highest BCUT2D eigenvalue weighted by Gasteiger charge is 2.14. The third-order valence-electron chi connectivity index (χ3n) is 3.05. The van der Waals surface area contributed by atoms with Gasteiger partial charge in [-0.3, -0.25) is 4.79 Å². The van der Waals surface area contributed by atoms with Crippen molar-refractivity contribution in [3.63, 3.8) is 0 Å². The number of ether oxygens (including phenoxy) is 1. The maximum absolute atomic E-state index is 12.1. The number of nitrogens with two attached hydrogens (primary N) is 1. The highest BCUT2D eigenvalue weighted by atomic mass is 79.9. The van der Waals surface area contributed by atoms with E-state index >= 15 is 0 Å². The van der Waals surface area contributed by atoms with Crippen LogP contribution in [0.2, 0.25) is 0 Å². The molecule has 8 heteroatoms. The van der Waals surface area contributed by atoms with Crippen LogP contribution >= 0.6 is 15.9 Å². The van der Waals surface area contributed by atoms with Crippen LogP contribution in [0.4, 0.5) is 5.69 Å². The number of carbonyl (C=O) groups excluding carboxylic acids is 1. The molecule has 0 saturated heterocycles. The third kappa shape index (κ3) is 4.78. The molecule has 0 aliphatic carbocycles. The normalized spacial score (nSPS) is 11.1. The molecule has 0 atom stereocenters. The monoisotopic (exact) mass is 398 g/mol. The smallest absolute Gasteiger partial charge is 0.238 e. The zero-order valence-corrected chi connectivity index (χ0v) is 14.6. The molecule has 122 valence electrons. The summed E-state index contributed by atoms with van der Waals surface area (Å²) in [5.41, 5.74) is 1.08. The van der Waals surface area contributed by atoms with Gasteiger partial charge in [-0.05, 0) is 35.9 Å². The van der Waals surface area contributed by atoms with Gasteiger partial charge in [0.05, 0.1) is 24.1 Å². The Morgan fingerprint density at radius 3 is 2.43 bits per heavy atom. The Labute approximate surface area is 142 Å². The molecule has 0 unspecified atom stereocenters. The lowest BCUT2D eigenvalue weighted by atomic mass is 10.1. The van der Waals surface area contributed by atoms with E-state index in [-0.39, 0.29) is 22.9 Å². The van der Waals surface area contributed by atoms with E-state index in [1.54, 1.807) is 0 Å². The number of amides is 1. The molecule has 0 aromatic heterocycles. The number of sulfonamides is 1. The van der Waals surface area contributed by atoms with Crippen LogP contribution < -0.4 is 15.2 Å². The minimum absolute atomic E-state index is 0.0998. The van der Waals surface area contributed by atoms with E-state index in [2.05, 4.69) is 21.2 Å². The Bertz CT molecular complexity index is 820. The summed E-state index contributed by atoms with van der Waals surface area (Å²) in [4.78, 5) is 12.0. The molecule has 0 saturated carbocycles. The molecule has 2 aromatic rings. The largest absolute Gasteiger partial charge is 0.495 e. The summed E-state index contributed by atoms with van der Waals surface area (Å²) in [7, 11) is -2.43. The SMILES string of the molecule is COc1ccc(S(N)(=O)=O)cc1NC(=O)Cc1ccc(Br)cc1. The van der Waals surface area contributed by atoms with E-state index < -0.39 is 10.0 Å². The van der Waals surface area contributed by atoms with Crippen LogP contribution in [0.25, 0.3) is 0 Å². The minimum Gasteiger partial charge on any atom is -0.495 e. The maximum Gasteiger partial charge on any atom is 0.238 e. The van der Waals surface area contributed by atoms with E-state index in [0.29, 0.717) is 5.75 Å². The number of halogens is 1. The van der Waals surface area contributed by atoms with Crippen molar-refractivity contribution in [1.82, 2.24) is 0 Å². The molecule has 0 aliphatic heterocycles. The number of primary sulfonamides is 1. The van der Waals surface area contributed by atoms with Crippen molar-refractivity contribution < 1.29 is 17.9 Å². The van der Waals surface area contributed by atoms with Crippen LogP contribution in [0.3, 0.4) is 0 Å². The minimum atomic E-state index is -3.86. The molecule has 0 aliphatic rings. The van der Waals surface area contributed by atoms with Gasteiger partial charge in [0.1, 0.15) is 5.75 Å². The van der Waals surface area contributed by atoms with Crippen LogP contribution in [-0.2, 0) is 21.2 Å². The van der Waals surface area contributed by atoms with Crippen molar-refractivity contribution in [3.8, 4) is 5.75 Å². The fraction of sp³-hybridized carbons (Fsp3) is 0.133. The first kappa shape index (κ1) is 17.5. The molecule has 3 N–H and O–H groups in total.